The van der Waals surface area contributed by atoms with Gasteiger partial charge in [-0.1, -0.05) is 27.7 Å². The van der Waals surface area contributed by atoms with Crippen LogP contribution in [0.5, 0.6) is 0 Å². The number of ketones is 1. The molecule has 0 aromatic rings. The van der Waals surface area contributed by atoms with Gasteiger partial charge in [-0.2, -0.15) is 0 Å². The van der Waals surface area contributed by atoms with Crippen LogP contribution in [-0.2, 0) is 14.6 Å². The Bertz CT molecular complexity index is 297. The van der Waals surface area contributed by atoms with Gasteiger partial charge in [-0.05, 0) is 0 Å². The maximum Gasteiger partial charge on any atom is 0.162 e. The molecule has 0 aromatic heterocycles. The average molecular weight is 222 g/mol. The molecule has 84 valence electrons. The fourth-order valence-corrected chi connectivity index (χ4v) is 2.35. The molecule has 0 aromatic carbocycles. The van der Waals surface area contributed by atoms with Crippen molar-refractivity contribution in [3.05, 3.63) is 0 Å². The Hall–Kier alpha value is -0.420. The summed E-state index contributed by atoms with van der Waals surface area (Å²) in [6, 6.07) is 0. The number of aliphatic hydroxyl groups excluding tert-OH is 1. The van der Waals surface area contributed by atoms with Crippen LogP contribution in [0.25, 0.3) is 0 Å². The maximum atomic E-state index is 11.7. The Kier molecular flexibility index (Phi) is 4.27. The van der Waals surface area contributed by atoms with E-state index in [2.05, 4.69) is 0 Å². The minimum Gasteiger partial charge on any atom is -0.395 e. The molecule has 0 aliphatic heterocycles. The van der Waals surface area contributed by atoms with Gasteiger partial charge in [-0.3, -0.25) is 4.79 Å². The molecule has 14 heavy (non-hydrogen) atoms. The van der Waals surface area contributed by atoms with Crippen molar-refractivity contribution in [2.24, 2.45) is 5.41 Å². The molecule has 0 fully saturated rings. The first kappa shape index (κ1) is 13.6. The molecule has 0 saturated heterocycles. The molecule has 0 heterocycles. The van der Waals surface area contributed by atoms with Gasteiger partial charge in [0.2, 0.25) is 0 Å². The Balaban J connectivity index is 5.04. The van der Waals surface area contributed by atoms with Crippen molar-refractivity contribution in [3.8, 4) is 0 Å². The number of aliphatic hydroxyl groups is 1. The van der Waals surface area contributed by atoms with Crippen molar-refractivity contribution in [1.29, 1.82) is 0 Å². The molecular formula is C9H18O4S. The summed E-state index contributed by atoms with van der Waals surface area (Å²) in [6.07, 6.45) is 0. The van der Waals surface area contributed by atoms with Gasteiger partial charge in [0.25, 0.3) is 0 Å². The Morgan fingerprint density at radius 2 is 1.79 bits per heavy atom. The van der Waals surface area contributed by atoms with Crippen LogP contribution < -0.4 is 0 Å². The Morgan fingerprint density at radius 1 is 1.36 bits per heavy atom. The lowest BCUT2D eigenvalue weighted by Crippen LogP contribution is -2.41. The van der Waals surface area contributed by atoms with Crippen molar-refractivity contribution in [2.45, 2.75) is 32.9 Å². The van der Waals surface area contributed by atoms with Gasteiger partial charge in [-0.15, -0.1) is 0 Å². The summed E-state index contributed by atoms with van der Waals surface area (Å²) in [7, 11) is -3.49. The van der Waals surface area contributed by atoms with Gasteiger partial charge in [0.15, 0.2) is 15.6 Å². The third-order valence-electron chi connectivity index (χ3n) is 2.03. The number of rotatable bonds is 4. The summed E-state index contributed by atoms with van der Waals surface area (Å²) < 4.78 is 22.9. The van der Waals surface area contributed by atoms with E-state index in [-0.39, 0.29) is 5.75 Å². The summed E-state index contributed by atoms with van der Waals surface area (Å²) in [5.41, 5.74) is -0.740. The molecule has 0 amide bonds. The largest absolute Gasteiger partial charge is 0.395 e. The van der Waals surface area contributed by atoms with E-state index in [0.717, 1.165) is 0 Å². The molecule has 0 aliphatic rings. The Morgan fingerprint density at radius 3 is 2.00 bits per heavy atom. The van der Waals surface area contributed by atoms with Crippen LogP contribution in [0.15, 0.2) is 0 Å². The van der Waals surface area contributed by atoms with Crippen LogP contribution >= 0.6 is 0 Å². The van der Waals surface area contributed by atoms with Gasteiger partial charge in [0.05, 0.1) is 6.61 Å². The second-order valence-corrected chi connectivity index (χ2v) is 6.71. The minimum absolute atomic E-state index is 0.125. The number of hydrogen-bond donors (Lipinski definition) is 1. The lowest BCUT2D eigenvalue weighted by molar-refractivity contribution is -0.126. The molecular weight excluding hydrogens is 204 g/mol. The highest BCUT2D eigenvalue weighted by Gasteiger charge is 2.36. The van der Waals surface area contributed by atoms with E-state index < -0.39 is 32.9 Å². The lowest BCUT2D eigenvalue weighted by Gasteiger charge is -2.22. The summed E-state index contributed by atoms with van der Waals surface area (Å²) in [6.45, 7) is 5.76. The zero-order valence-corrected chi connectivity index (χ0v) is 9.89. The van der Waals surface area contributed by atoms with Gasteiger partial charge >= 0.3 is 0 Å². The van der Waals surface area contributed by atoms with Crippen molar-refractivity contribution in [1.82, 2.24) is 0 Å². The highest BCUT2D eigenvalue weighted by Crippen LogP contribution is 2.20. The zero-order valence-electron chi connectivity index (χ0n) is 9.07. The molecule has 1 N–H and O–H groups in total. The van der Waals surface area contributed by atoms with Crippen LogP contribution in [0.4, 0.5) is 0 Å². The van der Waals surface area contributed by atoms with Crippen LogP contribution in [0.1, 0.15) is 27.7 Å². The van der Waals surface area contributed by atoms with Crippen LogP contribution in [-0.4, -0.2) is 36.9 Å². The molecule has 4 nitrogen and oxygen atoms in total. The van der Waals surface area contributed by atoms with E-state index in [1.54, 1.807) is 20.8 Å². The third-order valence-corrected chi connectivity index (χ3v) is 4.07. The normalized spacial score (nSPS) is 15.2. The summed E-state index contributed by atoms with van der Waals surface area (Å²) in [5.74, 6) is -0.554. The SMILES string of the molecule is CCS(=O)(=O)C(CO)C(=O)C(C)(C)C. The van der Waals surface area contributed by atoms with Crippen molar-refractivity contribution in [2.75, 3.05) is 12.4 Å². The van der Waals surface area contributed by atoms with Gasteiger partial charge in [0, 0.05) is 11.2 Å². The zero-order chi connectivity index (χ0) is 11.6. The standard InChI is InChI=1S/C9H18O4S/c1-5-14(12,13)7(6-10)8(11)9(2,3)4/h7,10H,5-6H2,1-4H3. The first-order valence-corrected chi connectivity index (χ1v) is 6.25. The smallest absolute Gasteiger partial charge is 0.162 e. The Labute approximate surface area is 85.2 Å². The second-order valence-electron chi connectivity index (χ2n) is 4.24. The van der Waals surface area contributed by atoms with E-state index in [1.807, 2.05) is 0 Å². The number of carbonyl (C=O) groups is 1. The number of carbonyl (C=O) groups excluding carboxylic acids is 1. The van der Waals surface area contributed by atoms with E-state index in [0.29, 0.717) is 0 Å². The number of sulfone groups is 1. The topological polar surface area (TPSA) is 71.4 Å². The van der Waals surface area contributed by atoms with E-state index in [1.165, 1.54) is 6.92 Å². The molecule has 0 bridgehead atoms. The predicted octanol–water partition coefficient (Wildman–Crippen LogP) is 0.397. The van der Waals surface area contributed by atoms with Crippen molar-refractivity contribution >= 4 is 15.6 Å². The van der Waals surface area contributed by atoms with Crippen LogP contribution in [0.3, 0.4) is 0 Å². The van der Waals surface area contributed by atoms with E-state index >= 15 is 0 Å². The first-order chi connectivity index (χ1) is 6.16. The molecule has 1 unspecified atom stereocenters. The fourth-order valence-electron chi connectivity index (χ4n) is 1.04. The molecule has 0 rings (SSSR count). The monoisotopic (exact) mass is 222 g/mol. The molecule has 0 aliphatic carbocycles. The lowest BCUT2D eigenvalue weighted by atomic mass is 9.89. The third kappa shape index (κ3) is 3.06. The summed E-state index contributed by atoms with van der Waals surface area (Å²) >= 11 is 0. The first-order valence-electron chi connectivity index (χ1n) is 4.53. The number of hydrogen-bond acceptors (Lipinski definition) is 4. The van der Waals surface area contributed by atoms with Gasteiger partial charge in [0.1, 0.15) is 5.25 Å². The summed E-state index contributed by atoms with van der Waals surface area (Å²) in [4.78, 5) is 11.7. The molecule has 0 spiro atoms. The van der Waals surface area contributed by atoms with E-state index in [4.69, 9.17) is 5.11 Å². The molecule has 5 heteroatoms. The summed E-state index contributed by atoms with van der Waals surface area (Å²) in [5, 5.41) is 7.66. The van der Waals surface area contributed by atoms with Gasteiger partial charge < -0.3 is 5.11 Å². The van der Waals surface area contributed by atoms with Gasteiger partial charge in [-0.25, -0.2) is 8.42 Å². The molecule has 0 saturated carbocycles. The fraction of sp³-hybridized carbons (Fsp3) is 0.889. The quantitative estimate of drug-likeness (QED) is 0.747. The number of Topliss-reactive ketones (excluding diaryl/α,β-unsaturated/α-hetero) is 1. The maximum absolute atomic E-state index is 11.7. The predicted molar refractivity (Wildman–Crippen MR) is 54.8 cm³/mol. The van der Waals surface area contributed by atoms with E-state index in [9.17, 15) is 13.2 Å². The average Bonchev–Trinajstić information content (AvgIpc) is 2.03. The second kappa shape index (κ2) is 4.40. The molecule has 0 radical (unpaired) electrons. The van der Waals surface area contributed by atoms with Crippen molar-refractivity contribution in [3.63, 3.8) is 0 Å². The minimum atomic E-state index is -3.49. The molecule has 1 atom stereocenters. The van der Waals surface area contributed by atoms with Crippen molar-refractivity contribution < 1.29 is 18.3 Å². The van der Waals surface area contributed by atoms with Crippen LogP contribution in [0.2, 0.25) is 0 Å². The highest BCUT2D eigenvalue weighted by atomic mass is 32.2. The van der Waals surface area contributed by atoms with Crippen LogP contribution in [0, 0.1) is 5.41 Å². The highest BCUT2D eigenvalue weighted by molar-refractivity contribution is 7.92.